The summed E-state index contributed by atoms with van der Waals surface area (Å²) in [5.74, 6) is -2.48. The molecule has 198 valence electrons. The second-order valence-corrected chi connectivity index (χ2v) is 11.1. The number of carbonyl (C=O) groups is 3. The largest absolute Gasteiger partial charge is 0.394 e. The van der Waals surface area contributed by atoms with Gasteiger partial charge in [0.1, 0.15) is 11.6 Å². The Morgan fingerprint density at radius 1 is 1.08 bits per heavy atom. The molecule has 0 radical (unpaired) electrons. The maximum Gasteiger partial charge on any atom is 0.253 e. The average Bonchev–Trinajstić information content (AvgIpc) is 3.18. The van der Waals surface area contributed by atoms with E-state index in [2.05, 4.69) is 0 Å². The second kappa shape index (κ2) is 9.89. The molecule has 4 aliphatic heterocycles. The first kappa shape index (κ1) is 25.9. The van der Waals surface area contributed by atoms with Crippen molar-refractivity contribution in [3.05, 3.63) is 53.6 Å². The van der Waals surface area contributed by atoms with Crippen LogP contribution in [0.2, 0.25) is 5.02 Å². The maximum absolute atomic E-state index is 14.4. The summed E-state index contributed by atoms with van der Waals surface area (Å²) >= 11 is 6.09. The number of halogens is 1. The third-order valence-electron chi connectivity index (χ3n) is 8.13. The Labute approximate surface area is 222 Å². The Kier molecular flexibility index (Phi) is 6.94. The van der Waals surface area contributed by atoms with Crippen LogP contribution in [0.1, 0.15) is 27.2 Å². The summed E-state index contributed by atoms with van der Waals surface area (Å²) < 4.78 is 6.65. The fourth-order valence-electron chi connectivity index (χ4n) is 6.43. The van der Waals surface area contributed by atoms with Gasteiger partial charge in [0.25, 0.3) is 5.91 Å². The number of anilines is 1. The number of fused-ring (bicyclic) bond motifs is 2. The van der Waals surface area contributed by atoms with Gasteiger partial charge in [-0.05, 0) is 36.6 Å². The smallest absolute Gasteiger partial charge is 0.253 e. The zero-order valence-corrected chi connectivity index (χ0v) is 22.2. The van der Waals surface area contributed by atoms with Gasteiger partial charge in [0.15, 0.2) is 0 Å². The Morgan fingerprint density at radius 3 is 2.46 bits per heavy atom. The number of carbonyl (C=O) groups excluding carboxylic acids is 3. The molecule has 1 aromatic rings. The second-order valence-electron chi connectivity index (χ2n) is 10.6. The number of ether oxygens (including phenoxy) is 1. The third-order valence-corrected chi connectivity index (χ3v) is 8.38. The quantitative estimate of drug-likeness (QED) is 0.574. The summed E-state index contributed by atoms with van der Waals surface area (Å²) in [5.41, 5.74) is -0.670. The summed E-state index contributed by atoms with van der Waals surface area (Å²) in [6.45, 7) is 6.86. The highest BCUT2D eigenvalue weighted by Gasteiger charge is 2.72. The topological polar surface area (TPSA) is 90.4 Å². The molecule has 0 aromatic heterocycles. The first-order chi connectivity index (χ1) is 17.7. The van der Waals surface area contributed by atoms with Gasteiger partial charge in [0.2, 0.25) is 11.8 Å². The Balaban J connectivity index is 1.64. The number of aliphatic hydroxyl groups excluding tert-OH is 1. The fourth-order valence-corrected chi connectivity index (χ4v) is 6.56. The number of amides is 3. The van der Waals surface area contributed by atoms with Crippen LogP contribution in [0.25, 0.3) is 0 Å². The Bertz CT molecular complexity index is 1140. The van der Waals surface area contributed by atoms with Crippen LogP contribution in [0, 0.1) is 17.8 Å². The van der Waals surface area contributed by atoms with Crippen LogP contribution < -0.4 is 4.90 Å². The van der Waals surface area contributed by atoms with Crippen LogP contribution in [0.4, 0.5) is 5.69 Å². The van der Waals surface area contributed by atoms with Gasteiger partial charge in [-0.1, -0.05) is 56.7 Å². The van der Waals surface area contributed by atoms with E-state index in [1.54, 1.807) is 34.1 Å². The SMILES string of the molecule is CCCN1CC=C[C@@H]2O[C@]34C=CCN(c5ccc(Cl)cc5)C(=O)C3N([C@@H](CO)C(C)C)C(=O)[C@@H]4[C@@H]2C1=O. The lowest BCUT2D eigenvalue weighted by Gasteiger charge is -2.39. The van der Waals surface area contributed by atoms with E-state index in [-0.39, 0.29) is 36.8 Å². The van der Waals surface area contributed by atoms with Gasteiger partial charge in [0.05, 0.1) is 30.6 Å². The van der Waals surface area contributed by atoms with Gasteiger partial charge >= 0.3 is 0 Å². The highest BCUT2D eigenvalue weighted by Crippen LogP contribution is 2.54. The predicted octanol–water partition coefficient (Wildman–Crippen LogP) is 2.65. The zero-order chi connectivity index (χ0) is 26.5. The highest BCUT2D eigenvalue weighted by atomic mass is 35.5. The molecule has 1 spiro atoms. The molecule has 2 fully saturated rings. The summed E-state index contributed by atoms with van der Waals surface area (Å²) in [6, 6.07) is 5.35. The molecule has 8 nitrogen and oxygen atoms in total. The fraction of sp³-hybridized carbons (Fsp3) is 0.536. The van der Waals surface area contributed by atoms with E-state index in [0.717, 1.165) is 6.42 Å². The van der Waals surface area contributed by atoms with E-state index in [1.165, 1.54) is 4.90 Å². The number of hydrogen-bond donors (Lipinski definition) is 1. The summed E-state index contributed by atoms with van der Waals surface area (Å²) in [4.78, 5) is 47.3. The first-order valence-corrected chi connectivity index (χ1v) is 13.4. The van der Waals surface area contributed by atoms with E-state index in [0.29, 0.717) is 23.8 Å². The molecular weight excluding hydrogens is 494 g/mol. The monoisotopic (exact) mass is 527 g/mol. The lowest BCUT2D eigenvalue weighted by Crippen LogP contribution is -2.59. The first-order valence-electron chi connectivity index (χ1n) is 13.1. The Hall–Kier alpha value is -2.68. The molecule has 2 saturated heterocycles. The summed E-state index contributed by atoms with van der Waals surface area (Å²) in [5, 5.41) is 10.9. The van der Waals surface area contributed by atoms with Crippen LogP contribution >= 0.6 is 11.6 Å². The molecule has 3 amide bonds. The molecule has 0 bridgehead atoms. The minimum absolute atomic E-state index is 0.119. The molecule has 9 heteroatoms. The molecule has 1 N–H and O–H groups in total. The average molecular weight is 528 g/mol. The molecule has 6 atom stereocenters. The van der Waals surface area contributed by atoms with E-state index in [1.807, 2.05) is 45.1 Å². The highest BCUT2D eigenvalue weighted by molar-refractivity contribution is 6.30. The van der Waals surface area contributed by atoms with Crippen LogP contribution in [-0.2, 0) is 19.1 Å². The number of aliphatic hydroxyl groups is 1. The molecular formula is C28H34ClN3O5. The van der Waals surface area contributed by atoms with Crippen molar-refractivity contribution in [3.8, 4) is 0 Å². The predicted molar refractivity (Wildman–Crippen MR) is 140 cm³/mol. The van der Waals surface area contributed by atoms with Crippen molar-refractivity contribution in [1.82, 2.24) is 9.80 Å². The van der Waals surface area contributed by atoms with Crippen molar-refractivity contribution in [2.45, 2.75) is 51.0 Å². The van der Waals surface area contributed by atoms with Gasteiger partial charge in [-0.25, -0.2) is 0 Å². The van der Waals surface area contributed by atoms with Gasteiger partial charge in [-0.15, -0.1) is 0 Å². The lowest BCUT2D eigenvalue weighted by molar-refractivity contribution is -0.147. The molecule has 4 heterocycles. The summed E-state index contributed by atoms with van der Waals surface area (Å²) in [7, 11) is 0. The van der Waals surface area contributed by atoms with E-state index in [9.17, 15) is 19.5 Å². The van der Waals surface area contributed by atoms with Crippen molar-refractivity contribution >= 4 is 35.0 Å². The molecule has 37 heavy (non-hydrogen) atoms. The molecule has 0 aliphatic carbocycles. The number of rotatable bonds is 6. The Morgan fingerprint density at radius 2 is 1.81 bits per heavy atom. The maximum atomic E-state index is 14.4. The number of likely N-dealkylation sites (tertiary alicyclic amines) is 1. The van der Waals surface area contributed by atoms with Crippen LogP contribution in [0.15, 0.2) is 48.6 Å². The minimum atomic E-state index is -1.32. The van der Waals surface area contributed by atoms with Gasteiger partial charge in [-0.2, -0.15) is 0 Å². The van der Waals surface area contributed by atoms with Crippen molar-refractivity contribution in [3.63, 3.8) is 0 Å². The minimum Gasteiger partial charge on any atom is -0.394 e. The molecule has 5 rings (SSSR count). The summed E-state index contributed by atoms with van der Waals surface area (Å²) in [6.07, 6.45) is 7.64. The van der Waals surface area contributed by atoms with Crippen molar-refractivity contribution in [2.24, 2.45) is 17.8 Å². The number of hydrogen-bond acceptors (Lipinski definition) is 5. The molecule has 1 aromatic carbocycles. The number of benzene rings is 1. The van der Waals surface area contributed by atoms with E-state index >= 15 is 0 Å². The molecule has 0 saturated carbocycles. The molecule has 1 unspecified atom stereocenters. The molecule has 4 aliphatic rings. The normalized spacial score (nSPS) is 31.9. The van der Waals surface area contributed by atoms with Crippen molar-refractivity contribution < 1.29 is 24.2 Å². The van der Waals surface area contributed by atoms with Crippen LogP contribution in [0.5, 0.6) is 0 Å². The lowest BCUT2D eigenvalue weighted by atomic mass is 9.77. The number of nitrogens with zero attached hydrogens (tertiary/aromatic N) is 3. The van der Waals surface area contributed by atoms with Crippen LogP contribution in [-0.4, -0.2) is 82.7 Å². The van der Waals surface area contributed by atoms with E-state index < -0.39 is 35.6 Å². The van der Waals surface area contributed by atoms with Crippen LogP contribution in [0.3, 0.4) is 0 Å². The van der Waals surface area contributed by atoms with Crippen molar-refractivity contribution in [1.29, 1.82) is 0 Å². The van der Waals surface area contributed by atoms with Crippen molar-refractivity contribution in [2.75, 3.05) is 31.1 Å². The third kappa shape index (κ3) is 4.01. The van der Waals surface area contributed by atoms with Gasteiger partial charge < -0.3 is 24.5 Å². The van der Waals surface area contributed by atoms with E-state index in [4.69, 9.17) is 16.3 Å². The standard InChI is InChI=1S/C28H34ClN3O5/c1-4-13-30-14-5-7-21-22(25(30)34)23-26(35)32(20(16-33)17(2)3)24-27(36)31(15-6-12-28(23,24)37-21)19-10-8-18(29)9-11-19/h5-12,17,20-24,33H,4,13-16H2,1-3H3/t20-,21-,22+,23-,24?,28-/m0/s1. The van der Waals surface area contributed by atoms with Gasteiger partial charge in [-0.3, -0.25) is 14.4 Å². The van der Waals surface area contributed by atoms with Gasteiger partial charge in [0, 0.05) is 30.3 Å². The zero-order valence-electron chi connectivity index (χ0n) is 21.4.